The first-order valence-corrected chi connectivity index (χ1v) is 7.86. The van der Waals surface area contributed by atoms with Gasteiger partial charge in [-0.15, -0.1) is 0 Å². The molecular weight excluding hydrogens is 264 g/mol. The van der Waals surface area contributed by atoms with Crippen LogP contribution < -0.4 is 10.6 Å². The van der Waals surface area contributed by atoms with Crippen molar-refractivity contribution in [1.29, 1.82) is 0 Å². The number of nitrogens with one attached hydrogen (secondary N) is 2. The second-order valence-corrected chi connectivity index (χ2v) is 6.13. The molecule has 0 saturated carbocycles. The van der Waals surface area contributed by atoms with Crippen LogP contribution in [0.3, 0.4) is 0 Å². The van der Waals surface area contributed by atoms with Gasteiger partial charge in [-0.2, -0.15) is 0 Å². The second-order valence-electron chi connectivity index (χ2n) is 6.13. The first-order valence-electron chi connectivity index (χ1n) is 7.86. The maximum absolute atomic E-state index is 12.3. The number of carbonyl (C=O) groups is 2. The van der Waals surface area contributed by atoms with Crippen LogP contribution in [0.2, 0.25) is 0 Å². The number of hydrogen-bond donors (Lipinski definition) is 2. The summed E-state index contributed by atoms with van der Waals surface area (Å²) in [6, 6.07) is 8.38. The Morgan fingerprint density at radius 2 is 1.67 bits per heavy atom. The first kappa shape index (κ1) is 14.3. The molecule has 1 aromatic carbocycles. The van der Waals surface area contributed by atoms with Gasteiger partial charge >= 0.3 is 0 Å². The Kier molecular flexibility index (Phi) is 4.06. The fourth-order valence-electron chi connectivity index (χ4n) is 3.46. The average molecular weight is 286 g/mol. The van der Waals surface area contributed by atoms with E-state index in [1.807, 2.05) is 6.92 Å². The van der Waals surface area contributed by atoms with Crippen molar-refractivity contribution in [2.45, 2.75) is 57.2 Å². The largest absolute Gasteiger partial charge is 0.349 e. The van der Waals surface area contributed by atoms with E-state index in [1.54, 1.807) is 24.3 Å². The van der Waals surface area contributed by atoms with Gasteiger partial charge in [-0.3, -0.25) is 9.59 Å². The van der Waals surface area contributed by atoms with Crippen LogP contribution >= 0.6 is 0 Å². The van der Waals surface area contributed by atoms with E-state index >= 15 is 0 Å². The van der Waals surface area contributed by atoms with Crippen LogP contribution in [0.5, 0.6) is 0 Å². The summed E-state index contributed by atoms with van der Waals surface area (Å²) in [5.41, 5.74) is 1.31. The Hall–Kier alpha value is -1.68. The van der Waals surface area contributed by atoms with E-state index in [0.29, 0.717) is 29.6 Å². The molecule has 2 unspecified atom stereocenters. The van der Waals surface area contributed by atoms with Crippen LogP contribution in [-0.4, -0.2) is 29.8 Å². The van der Waals surface area contributed by atoms with Crippen LogP contribution in [0, 0.1) is 0 Å². The molecule has 2 saturated heterocycles. The van der Waals surface area contributed by atoms with Crippen molar-refractivity contribution in [3.05, 3.63) is 35.4 Å². The molecule has 2 N–H and O–H groups in total. The van der Waals surface area contributed by atoms with Crippen LogP contribution in [0.4, 0.5) is 0 Å². The van der Waals surface area contributed by atoms with Gasteiger partial charge in [0.25, 0.3) is 5.91 Å². The minimum Gasteiger partial charge on any atom is -0.349 e. The Morgan fingerprint density at radius 3 is 2.24 bits per heavy atom. The number of carbonyl (C=O) groups excluding carboxylic acids is 2. The van der Waals surface area contributed by atoms with Gasteiger partial charge in [0.05, 0.1) is 0 Å². The van der Waals surface area contributed by atoms with Crippen molar-refractivity contribution in [3.8, 4) is 0 Å². The van der Waals surface area contributed by atoms with Crippen LogP contribution in [0.1, 0.15) is 59.7 Å². The van der Waals surface area contributed by atoms with Crippen LogP contribution in [0.15, 0.2) is 24.3 Å². The third kappa shape index (κ3) is 3.16. The molecule has 2 aliphatic rings. The summed E-state index contributed by atoms with van der Waals surface area (Å²) in [6.45, 7) is 1.84. The highest BCUT2D eigenvalue weighted by Gasteiger charge is 2.34. The third-order valence-corrected chi connectivity index (χ3v) is 4.60. The standard InChI is InChI=1S/C17H22N2O2/c1-2-16(20)11-3-5-12(6-4-11)17(21)19-15-9-13-7-8-14(10-15)18-13/h3-6,13-15,18H,2,7-10H2,1H3,(H,19,21). The quantitative estimate of drug-likeness (QED) is 0.835. The lowest BCUT2D eigenvalue weighted by Gasteiger charge is -2.29. The summed E-state index contributed by atoms with van der Waals surface area (Å²) in [6.07, 6.45) is 4.99. The molecule has 2 bridgehead atoms. The molecule has 2 atom stereocenters. The van der Waals surface area contributed by atoms with Crippen LogP contribution in [-0.2, 0) is 0 Å². The number of piperidine rings is 1. The monoisotopic (exact) mass is 286 g/mol. The van der Waals surface area contributed by atoms with Gasteiger partial charge in [-0.05, 0) is 37.8 Å². The summed E-state index contributed by atoms with van der Waals surface area (Å²) >= 11 is 0. The molecule has 112 valence electrons. The fourth-order valence-corrected chi connectivity index (χ4v) is 3.46. The van der Waals surface area contributed by atoms with Crippen molar-refractivity contribution in [2.24, 2.45) is 0 Å². The average Bonchev–Trinajstić information content (AvgIpc) is 2.85. The number of amides is 1. The lowest BCUT2D eigenvalue weighted by atomic mass is 9.99. The van der Waals surface area contributed by atoms with E-state index in [1.165, 1.54) is 12.8 Å². The lowest BCUT2D eigenvalue weighted by Crippen LogP contribution is -2.48. The zero-order valence-corrected chi connectivity index (χ0v) is 12.4. The Morgan fingerprint density at radius 1 is 1.10 bits per heavy atom. The topological polar surface area (TPSA) is 58.2 Å². The van der Waals surface area contributed by atoms with Gasteiger partial charge in [-0.1, -0.05) is 19.1 Å². The molecule has 0 aromatic heterocycles. The molecule has 4 heteroatoms. The van der Waals surface area contributed by atoms with Crippen molar-refractivity contribution in [1.82, 2.24) is 10.6 Å². The maximum Gasteiger partial charge on any atom is 0.251 e. The third-order valence-electron chi connectivity index (χ3n) is 4.60. The summed E-state index contributed by atoms with van der Waals surface area (Å²) in [4.78, 5) is 23.9. The summed E-state index contributed by atoms with van der Waals surface area (Å²) in [5, 5.41) is 6.71. The van der Waals surface area contributed by atoms with E-state index in [-0.39, 0.29) is 17.7 Å². The SMILES string of the molecule is CCC(=O)c1ccc(C(=O)NC2CC3CCC(C2)N3)cc1. The van der Waals surface area contributed by atoms with E-state index in [9.17, 15) is 9.59 Å². The van der Waals surface area contributed by atoms with Crippen molar-refractivity contribution >= 4 is 11.7 Å². The van der Waals surface area contributed by atoms with E-state index < -0.39 is 0 Å². The first-order chi connectivity index (χ1) is 10.2. The molecule has 2 heterocycles. The van der Waals surface area contributed by atoms with E-state index in [4.69, 9.17) is 0 Å². The minimum absolute atomic E-state index is 0.0307. The van der Waals surface area contributed by atoms with Crippen LogP contribution in [0.25, 0.3) is 0 Å². The molecule has 1 amide bonds. The van der Waals surface area contributed by atoms with Crippen molar-refractivity contribution in [2.75, 3.05) is 0 Å². The number of rotatable bonds is 4. The van der Waals surface area contributed by atoms with Gasteiger partial charge in [-0.25, -0.2) is 0 Å². The Balaban J connectivity index is 1.61. The number of ketones is 1. The fraction of sp³-hybridized carbons (Fsp3) is 0.529. The summed E-state index contributed by atoms with van der Waals surface area (Å²) in [7, 11) is 0. The van der Waals surface area contributed by atoms with Gasteiger partial charge in [0, 0.05) is 35.7 Å². The maximum atomic E-state index is 12.3. The smallest absolute Gasteiger partial charge is 0.251 e. The molecule has 0 spiro atoms. The highest BCUT2D eigenvalue weighted by atomic mass is 16.1. The Labute approximate surface area is 125 Å². The summed E-state index contributed by atoms with van der Waals surface area (Å²) in [5.74, 6) is 0.0775. The molecule has 2 aliphatic heterocycles. The predicted molar refractivity (Wildman–Crippen MR) is 81.5 cm³/mol. The molecular formula is C17H22N2O2. The summed E-state index contributed by atoms with van der Waals surface area (Å²) < 4.78 is 0. The predicted octanol–water partition coefficient (Wildman–Crippen LogP) is 2.29. The van der Waals surface area contributed by atoms with Crippen molar-refractivity contribution in [3.63, 3.8) is 0 Å². The zero-order valence-electron chi connectivity index (χ0n) is 12.4. The number of benzene rings is 1. The van der Waals surface area contributed by atoms with Gasteiger partial charge < -0.3 is 10.6 Å². The molecule has 0 aliphatic carbocycles. The van der Waals surface area contributed by atoms with E-state index in [2.05, 4.69) is 10.6 Å². The molecule has 4 nitrogen and oxygen atoms in total. The molecule has 2 fully saturated rings. The highest BCUT2D eigenvalue weighted by molar-refractivity contribution is 5.98. The number of Topliss-reactive ketones (excluding diaryl/α,β-unsaturated/α-hetero) is 1. The molecule has 21 heavy (non-hydrogen) atoms. The van der Waals surface area contributed by atoms with Crippen molar-refractivity contribution < 1.29 is 9.59 Å². The molecule has 1 aromatic rings. The normalized spacial score (nSPS) is 27.4. The minimum atomic E-state index is -0.0307. The number of hydrogen-bond acceptors (Lipinski definition) is 3. The Bertz CT molecular complexity index is 526. The number of fused-ring (bicyclic) bond motifs is 2. The molecule has 0 radical (unpaired) electrons. The van der Waals surface area contributed by atoms with Gasteiger partial charge in [0.1, 0.15) is 0 Å². The van der Waals surface area contributed by atoms with Gasteiger partial charge in [0.2, 0.25) is 0 Å². The zero-order chi connectivity index (χ0) is 14.8. The molecule has 3 rings (SSSR count). The van der Waals surface area contributed by atoms with Gasteiger partial charge in [0.15, 0.2) is 5.78 Å². The second kappa shape index (κ2) is 5.98. The lowest BCUT2D eigenvalue weighted by molar-refractivity contribution is 0.0922. The highest BCUT2D eigenvalue weighted by Crippen LogP contribution is 2.26. The van der Waals surface area contributed by atoms with E-state index in [0.717, 1.165) is 12.8 Å².